The first-order chi connectivity index (χ1) is 14.2. The number of aromatic nitrogens is 5. The van der Waals surface area contributed by atoms with Crippen LogP contribution in [0.15, 0.2) is 43.0 Å². The molecule has 0 bridgehead atoms. The van der Waals surface area contributed by atoms with E-state index in [4.69, 9.17) is 11.6 Å². The highest BCUT2D eigenvalue weighted by Gasteiger charge is 2.41. The Bertz CT molecular complexity index is 1220. The Kier molecular flexibility index (Phi) is 5.07. The van der Waals surface area contributed by atoms with Crippen LogP contribution in [-0.4, -0.2) is 29.7 Å². The maximum Gasteiger partial charge on any atom is 0.137 e. The zero-order chi connectivity index (χ0) is 21.6. The van der Waals surface area contributed by atoms with Gasteiger partial charge in [0.1, 0.15) is 29.9 Å². The van der Waals surface area contributed by atoms with Gasteiger partial charge in [0.25, 0.3) is 0 Å². The second-order valence-electron chi connectivity index (χ2n) is 7.42. The van der Waals surface area contributed by atoms with Gasteiger partial charge in [-0.05, 0) is 44.5 Å². The summed E-state index contributed by atoms with van der Waals surface area (Å²) in [5.74, 6) is -1.58. The average Bonchev–Trinajstić information content (AvgIpc) is 3.31. The number of hydrogen-bond donors (Lipinski definition) is 1. The average molecular weight is 432 g/mol. The van der Waals surface area contributed by atoms with Crippen molar-refractivity contribution in [2.75, 3.05) is 0 Å². The quantitative estimate of drug-likeness (QED) is 0.510. The van der Waals surface area contributed by atoms with E-state index in [2.05, 4.69) is 15.2 Å². The molecular formula is C21H20ClF2N5O. The SMILES string of the molecule is Cc1nn([C@H](C)[C@](O)(Cn2cncn2)c2ccc(F)cc2F)c2c(C)c(Cl)ccc12. The lowest BCUT2D eigenvalue weighted by Crippen LogP contribution is -2.41. The summed E-state index contributed by atoms with van der Waals surface area (Å²) in [5.41, 5.74) is 0.412. The summed E-state index contributed by atoms with van der Waals surface area (Å²) >= 11 is 6.33. The monoisotopic (exact) mass is 431 g/mol. The normalized spacial score (nSPS) is 14.8. The van der Waals surface area contributed by atoms with Crippen molar-refractivity contribution < 1.29 is 13.9 Å². The first-order valence-corrected chi connectivity index (χ1v) is 9.74. The van der Waals surface area contributed by atoms with Crippen molar-refractivity contribution in [1.29, 1.82) is 0 Å². The fourth-order valence-electron chi connectivity index (χ4n) is 3.86. The lowest BCUT2D eigenvalue weighted by Gasteiger charge is -2.35. The molecule has 0 fully saturated rings. The van der Waals surface area contributed by atoms with Crippen LogP contribution in [0.1, 0.15) is 29.8 Å². The molecule has 6 nitrogen and oxygen atoms in total. The summed E-state index contributed by atoms with van der Waals surface area (Å²) in [5, 5.41) is 21.9. The molecule has 0 spiro atoms. The molecule has 4 aromatic rings. The van der Waals surface area contributed by atoms with Crippen molar-refractivity contribution in [2.24, 2.45) is 0 Å². The molecule has 0 amide bonds. The molecule has 1 N–H and O–H groups in total. The number of aryl methyl sites for hydroxylation is 2. The third-order valence-electron chi connectivity index (χ3n) is 5.57. The molecule has 2 atom stereocenters. The van der Waals surface area contributed by atoms with Gasteiger partial charge in [-0.2, -0.15) is 10.2 Å². The van der Waals surface area contributed by atoms with Crippen molar-refractivity contribution in [3.05, 3.63) is 76.5 Å². The van der Waals surface area contributed by atoms with Gasteiger partial charge in [0.05, 0.1) is 23.8 Å². The molecule has 0 radical (unpaired) electrons. The summed E-state index contributed by atoms with van der Waals surface area (Å²) in [6.45, 7) is 5.33. The number of benzene rings is 2. The number of fused-ring (bicyclic) bond motifs is 1. The zero-order valence-electron chi connectivity index (χ0n) is 16.6. The Hall–Kier alpha value is -2.84. The molecule has 2 aromatic heterocycles. The minimum absolute atomic E-state index is 0.0621. The van der Waals surface area contributed by atoms with E-state index < -0.39 is 23.3 Å². The second kappa shape index (κ2) is 7.45. The van der Waals surface area contributed by atoms with Crippen molar-refractivity contribution in [2.45, 2.75) is 39.0 Å². The fraction of sp³-hybridized carbons (Fsp3) is 0.286. The van der Waals surface area contributed by atoms with E-state index in [1.807, 2.05) is 19.9 Å². The molecule has 0 aliphatic heterocycles. The zero-order valence-corrected chi connectivity index (χ0v) is 17.4. The molecule has 0 saturated carbocycles. The molecule has 0 aliphatic carbocycles. The highest BCUT2D eigenvalue weighted by Crippen LogP contribution is 2.39. The van der Waals surface area contributed by atoms with E-state index >= 15 is 0 Å². The highest BCUT2D eigenvalue weighted by molar-refractivity contribution is 6.32. The summed E-state index contributed by atoms with van der Waals surface area (Å²) in [6.07, 6.45) is 2.75. The predicted molar refractivity (Wildman–Crippen MR) is 109 cm³/mol. The van der Waals surface area contributed by atoms with Crippen LogP contribution >= 0.6 is 11.6 Å². The third-order valence-corrected chi connectivity index (χ3v) is 5.98. The van der Waals surface area contributed by atoms with Gasteiger partial charge >= 0.3 is 0 Å². The van der Waals surface area contributed by atoms with E-state index in [0.717, 1.165) is 34.3 Å². The van der Waals surface area contributed by atoms with Crippen LogP contribution in [0, 0.1) is 25.5 Å². The summed E-state index contributed by atoms with van der Waals surface area (Å²) in [7, 11) is 0. The maximum absolute atomic E-state index is 14.8. The maximum atomic E-state index is 14.8. The first-order valence-electron chi connectivity index (χ1n) is 9.36. The van der Waals surface area contributed by atoms with E-state index in [9.17, 15) is 13.9 Å². The summed E-state index contributed by atoms with van der Waals surface area (Å²) in [4.78, 5) is 3.90. The molecule has 0 unspecified atom stereocenters. The summed E-state index contributed by atoms with van der Waals surface area (Å²) in [6, 6.07) is 6.02. The van der Waals surface area contributed by atoms with E-state index in [-0.39, 0.29) is 12.1 Å². The molecular weight excluding hydrogens is 412 g/mol. The van der Waals surface area contributed by atoms with Gasteiger partial charge in [0.2, 0.25) is 0 Å². The van der Waals surface area contributed by atoms with E-state index in [1.165, 1.54) is 23.4 Å². The number of aliphatic hydroxyl groups is 1. The Morgan fingerprint density at radius 1 is 1.20 bits per heavy atom. The standard InChI is InChI=1S/C21H20ClF2N5O/c1-12-18(22)7-5-16-13(2)27-29(20(12)16)14(3)21(30,9-28-11-25-10-26-28)17-6-4-15(23)8-19(17)24/h4-8,10-11,14,30H,9H2,1-3H3/t14-,21-/m1/s1. The van der Waals surface area contributed by atoms with Crippen LogP contribution in [0.3, 0.4) is 0 Å². The Morgan fingerprint density at radius 2 is 1.97 bits per heavy atom. The van der Waals surface area contributed by atoms with Crippen molar-refractivity contribution in [1.82, 2.24) is 24.5 Å². The minimum Gasteiger partial charge on any atom is -0.381 e. The van der Waals surface area contributed by atoms with Gasteiger partial charge in [-0.15, -0.1) is 0 Å². The third kappa shape index (κ3) is 3.26. The van der Waals surface area contributed by atoms with E-state index in [0.29, 0.717) is 5.02 Å². The number of hydrogen-bond acceptors (Lipinski definition) is 4. The van der Waals surface area contributed by atoms with E-state index in [1.54, 1.807) is 17.7 Å². The van der Waals surface area contributed by atoms with Gasteiger partial charge in [-0.25, -0.2) is 18.4 Å². The number of nitrogens with zero attached hydrogens (tertiary/aromatic N) is 5. The predicted octanol–water partition coefficient (Wildman–Crippen LogP) is 4.33. The van der Waals surface area contributed by atoms with Crippen LogP contribution in [-0.2, 0) is 12.1 Å². The highest BCUT2D eigenvalue weighted by atomic mass is 35.5. The lowest BCUT2D eigenvalue weighted by atomic mass is 9.86. The lowest BCUT2D eigenvalue weighted by molar-refractivity contribution is -0.0355. The van der Waals surface area contributed by atoms with Crippen LogP contribution in [0.2, 0.25) is 5.02 Å². The molecule has 2 heterocycles. The number of rotatable bonds is 5. The van der Waals surface area contributed by atoms with Gasteiger partial charge in [-0.1, -0.05) is 17.7 Å². The Morgan fingerprint density at radius 3 is 2.63 bits per heavy atom. The fourth-order valence-corrected chi connectivity index (χ4v) is 4.01. The smallest absolute Gasteiger partial charge is 0.137 e. The topological polar surface area (TPSA) is 68.8 Å². The molecule has 2 aromatic carbocycles. The first kappa shape index (κ1) is 20.4. The van der Waals surface area contributed by atoms with Crippen LogP contribution in [0.4, 0.5) is 8.78 Å². The Balaban J connectivity index is 1.94. The van der Waals surface area contributed by atoms with Gasteiger partial charge in [0, 0.05) is 22.0 Å². The van der Waals surface area contributed by atoms with Crippen LogP contribution < -0.4 is 0 Å². The van der Waals surface area contributed by atoms with Crippen molar-refractivity contribution >= 4 is 22.5 Å². The second-order valence-corrected chi connectivity index (χ2v) is 7.82. The summed E-state index contributed by atoms with van der Waals surface area (Å²) < 4.78 is 31.4. The molecule has 30 heavy (non-hydrogen) atoms. The van der Waals surface area contributed by atoms with Crippen LogP contribution in [0.5, 0.6) is 0 Å². The van der Waals surface area contributed by atoms with Crippen molar-refractivity contribution in [3.63, 3.8) is 0 Å². The molecule has 156 valence electrons. The molecule has 4 rings (SSSR count). The van der Waals surface area contributed by atoms with Gasteiger partial charge in [0.15, 0.2) is 0 Å². The van der Waals surface area contributed by atoms with Crippen LogP contribution in [0.25, 0.3) is 10.9 Å². The minimum atomic E-state index is -1.81. The Labute approximate surface area is 176 Å². The van der Waals surface area contributed by atoms with Gasteiger partial charge in [-0.3, -0.25) is 4.68 Å². The van der Waals surface area contributed by atoms with Gasteiger partial charge < -0.3 is 5.11 Å². The largest absolute Gasteiger partial charge is 0.381 e. The van der Waals surface area contributed by atoms with Crippen molar-refractivity contribution in [3.8, 4) is 0 Å². The molecule has 0 saturated heterocycles. The number of halogens is 3. The molecule has 9 heteroatoms. The molecule has 0 aliphatic rings.